The third-order valence-electron chi connectivity index (χ3n) is 11.2. The zero-order chi connectivity index (χ0) is 43.1. The van der Waals surface area contributed by atoms with Crippen LogP contribution in [0.25, 0.3) is 0 Å². The van der Waals surface area contributed by atoms with Crippen LogP contribution in [0.3, 0.4) is 0 Å². The summed E-state index contributed by atoms with van der Waals surface area (Å²) in [6, 6.07) is 4.24. The van der Waals surface area contributed by atoms with Crippen LogP contribution in [0.15, 0.2) is 18.2 Å². The predicted octanol–water partition coefficient (Wildman–Crippen LogP) is 7.56. The molecule has 0 saturated carbocycles. The lowest BCUT2D eigenvalue weighted by Gasteiger charge is -2.45. The Bertz CT molecular complexity index is 1200. The normalized spacial score (nSPS) is 20.3. The van der Waals surface area contributed by atoms with E-state index in [4.69, 9.17) is 24.7 Å². The zero-order valence-electron chi connectivity index (χ0n) is 36.6. The van der Waals surface area contributed by atoms with Crippen molar-refractivity contribution in [3.05, 3.63) is 23.8 Å². The van der Waals surface area contributed by atoms with Crippen molar-refractivity contribution < 1.29 is 54.1 Å². The maximum absolute atomic E-state index is 13.3. The molecule has 59 heavy (non-hydrogen) atoms. The summed E-state index contributed by atoms with van der Waals surface area (Å²) in [6.07, 6.45) is 20.8. The molecule has 1 amide bonds. The topological polar surface area (TPSA) is 210 Å². The van der Waals surface area contributed by atoms with Crippen LogP contribution in [-0.2, 0) is 14.3 Å². The van der Waals surface area contributed by atoms with Crippen molar-refractivity contribution in [2.45, 2.75) is 211 Å². The molecule has 0 spiro atoms. The largest absolute Gasteiger partial charge is 0.493 e. The Morgan fingerprint density at radius 2 is 1.17 bits per heavy atom. The summed E-state index contributed by atoms with van der Waals surface area (Å²) in [4.78, 5) is 25.5. The quantitative estimate of drug-likeness (QED) is 0.0324. The van der Waals surface area contributed by atoms with E-state index in [1.54, 1.807) is 12.1 Å². The van der Waals surface area contributed by atoms with Gasteiger partial charge in [0.1, 0.15) is 29.8 Å². The van der Waals surface area contributed by atoms with Gasteiger partial charge in [-0.15, -0.1) is 0 Å². The van der Waals surface area contributed by atoms with Crippen molar-refractivity contribution in [1.82, 2.24) is 5.32 Å². The van der Waals surface area contributed by atoms with Crippen LogP contribution in [0.1, 0.15) is 185 Å². The second-order valence-corrected chi connectivity index (χ2v) is 16.5. The Kier molecular flexibility index (Phi) is 28.7. The minimum absolute atomic E-state index is 0.0141. The van der Waals surface area contributed by atoms with Gasteiger partial charge in [0.2, 0.25) is 0 Å². The van der Waals surface area contributed by atoms with Gasteiger partial charge in [-0.1, -0.05) is 142 Å². The molecule has 1 saturated heterocycles. The molecule has 1 aromatic carbocycles. The van der Waals surface area contributed by atoms with E-state index in [2.05, 4.69) is 19.2 Å². The predicted molar refractivity (Wildman–Crippen MR) is 231 cm³/mol. The van der Waals surface area contributed by atoms with E-state index in [1.165, 1.54) is 103 Å². The van der Waals surface area contributed by atoms with E-state index >= 15 is 0 Å². The maximum Gasteiger partial charge on any atom is 0.364 e. The molecule has 0 aromatic heterocycles. The zero-order valence-corrected chi connectivity index (χ0v) is 36.6. The van der Waals surface area contributed by atoms with Gasteiger partial charge in [-0.2, -0.15) is 0 Å². The Balaban J connectivity index is 1.81. The van der Waals surface area contributed by atoms with Crippen LogP contribution >= 0.6 is 0 Å². The van der Waals surface area contributed by atoms with E-state index in [0.29, 0.717) is 56.1 Å². The number of hydrogen-bond donors (Lipinski definition) is 7. The van der Waals surface area contributed by atoms with Crippen LogP contribution in [0.5, 0.6) is 11.5 Å². The number of aliphatic hydroxyl groups is 4. The highest BCUT2D eigenvalue weighted by Gasteiger charge is 2.54. The number of nitrogens with two attached hydrogens (primary N) is 1. The van der Waals surface area contributed by atoms with E-state index in [0.717, 1.165) is 32.1 Å². The molecule has 1 aliphatic heterocycles. The Morgan fingerprint density at radius 3 is 1.63 bits per heavy atom. The van der Waals surface area contributed by atoms with Gasteiger partial charge in [-0.3, -0.25) is 4.79 Å². The van der Waals surface area contributed by atoms with Crippen molar-refractivity contribution in [1.29, 1.82) is 0 Å². The van der Waals surface area contributed by atoms with Crippen LogP contribution in [-0.4, -0.2) is 107 Å². The molecule has 0 unspecified atom stereocenters. The molecule has 6 atom stereocenters. The SMILES string of the molecule is CCCCCCCCCCCCOc1cc(OCCCCCCCCCCCC)cc(C(=O)NCCCCCCO[C@]2(C(=O)O)C[C@H](O)[C@@H](N)[C@H]([C@H](O)[C@H](O)CO)O2)c1. The fourth-order valence-electron chi connectivity index (χ4n) is 7.44. The molecule has 0 aliphatic carbocycles. The maximum atomic E-state index is 13.3. The number of hydrogen-bond acceptors (Lipinski definition) is 11. The molecule has 0 radical (unpaired) electrons. The number of ether oxygens (including phenoxy) is 4. The monoisotopic (exact) mass is 839 g/mol. The highest BCUT2D eigenvalue weighted by atomic mass is 16.7. The summed E-state index contributed by atoms with van der Waals surface area (Å²) < 4.78 is 23.5. The first-order chi connectivity index (χ1) is 28.6. The summed E-state index contributed by atoms with van der Waals surface area (Å²) in [7, 11) is 0. The van der Waals surface area contributed by atoms with Crippen molar-refractivity contribution in [3.63, 3.8) is 0 Å². The van der Waals surface area contributed by atoms with Crippen molar-refractivity contribution in [2.24, 2.45) is 5.73 Å². The van der Waals surface area contributed by atoms with E-state index in [9.17, 15) is 35.1 Å². The van der Waals surface area contributed by atoms with Gasteiger partial charge in [0, 0.05) is 24.6 Å². The molecular weight excluding hydrogens is 757 g/mol. The average Bonchev–Trinajstić information content (AvgIpc) is 3.23. The van der Waals surface area contributed by atoms with E-state index < -0.39 is 55.2 Å². The molecule has 8 N–H and O–H groups in total. The summed E-state index contributed by atoms with van der Waals surface area (Å²) >= 11 is 0. The molecule has 1 aromatic rings. The fourth-order valence-corrected chi connectivity index (χ4v) is 7.44. The number of carbonyl (C=O) groups excluding carboxylic acids is 1. The van der Waals surface area contributed by atoms with Crippen LogP contribution < -0.4 is 20.5 Å². The number of unbranched alkanes of at least 4 members (excludes halogenated alkanes) is 21. The lowest BCUT2D eigenvalue weighted by Crippen LogP contribution is -2.66. The first kappa shape index (κ1) is 52.6. The van der Waals surface area contributed by atoms with E-state index in [1.807, 2.05) is 6.07 Å². The minimum Gasteiger partial charge on any atom is -0.493 e. The number of rotatable bonds is 37. The number of carboxylic acids is 1. The Labute approximate surface area is 355 Å². The summed E-state index contributed by atoms with van der Waals surface area (Å²) in [6.45, 7) is 5.29. The van der Waals surface area contributed by atoms with Gasteiger partial charge < -0.3 is 55.5 Å². The Hall–Kier alpha value is -2.52. The van der Waals surface area contributed by atoms with Crippen molar-refractivity contribution >= 4 is 11.9 Å². The molecule has 13 heteroatoms. The first-order valence-corrected chi connectivity index (χ1v) is 23.2. The standard InChI is InChI=1S/C46H82N2O11/c1-3-5-7-9-11-13-15-17-20-24-28-56-37-31-36(32-38(33-37)57-29-25-21-18-16-14-12-10-8-6-4-2)44(53)48-27-23-19-22-26-30-58-46(45(54)55)34-39(50)41(47)43(59-46)42(52)40(51)35-49/h31-33,39-43,49-52H,3-30,34-35,47H2,1-2H3,(H,48,53)(H,54,55)/t39-,40+,41+,42+,43+,46+/m0/s1. The molecule has 0 bridgehead atoms. The third kappa shape index (κ3) is 21.7. The molecule has 342 valence electrons. The molecule has 13 nitrogen and oxygen atoms in total. The van der Waals surface area contributed by atoms with Crippen molar-refractivity contribution in [2.75, 3.05) is 33.0 Å². The molecule has 2 rings (SSSR count). The number of nitrogens with one attached hydrogen (secondary N) is 1. The molecule has 1 fully saturated rings. The number of benzene rings is 1. The summed E-state index contributed by atoms with van der Waals surface area (Å²) in [5.74, 6) is -2.72. The second kappa shape index (κ2) is 32.2. The van der Waals surface area contributed by atoms with E-state index in [-0.39, 0.29) is 12.5 Å². The summed E-state index contributed by atoms with van der Waals surface area (Å²) in [5.41, 5.74) is 6.41. The van der Waals surface area contributed by atoms with Crippen LogP contribution in [0.2, 0.25) is 0 Å². The van der Waals surface area contributed by atoms with Gasteiger partial charge in [0.05, 0.1) is 38.6 Å². The molecule has 1 aliphatic rings. The smallest absolute Gasteiger partial charge is 0.364 e. The van der Waals surface area contributed by atoms with Gasteiger partial charge in [0.15, 0.2) is 0 Å². The fraction of sp³-hybridized carbons (Fsp3) is 0.826. The van der Waals surface area contributed by atoms with Crippen LogP contribution in [0.4, 0.5) is 0 Å². The number of carboxylic acid groups (broad SMARTS) is 1. The molecule has 1 heterocycles. The third-order valence-corrected chi connectivity index (χ3v) is 11.2. The second-order valence-electron chi connectivity index (χ2n) is 16.5. The number of aliphatic carboxylic acids is 1. The van der Waals surface area contributed by atoms with Gasteiger partial charge in [0.25, 0.3) is 11.7 Å². The Morgan fingerprint density at radius 1 is 0.729 bits per heavy atom. The average molecular weight is 839 g/mol. The lowest BCUT2D eigenvalue weighted by molar-refractivity contribution is -0.309. The summed E-state index contributed by atoms with van der Waals surface area (Å²) in [5, 5.41) is 52.8. The highest BCUT2D eigenvalue weighted by Crippen LogP contribution is 2.33. The van der Waals surface area contributed by atoms with Gasteiger partial charge in [-0.05, 0) is 37.8 Å². The number of amides is 1. The van der Waals surface area contributed by atoms with Crippen molar-refractivity contribution in [3.8, 4) is 11.5 Å². The van der Waals surface area contributed by atoms with Gasteiger partial charge >= 0.3 is 5.97 Å². The lowest BCUT2D eigenvalue weighted by atomic mass is 9.89. The molecular formula is C46H82N2O11. The highest BCUT2D eigenvalue weighted by molar-refractivity contribution is 5.95. The minimum atomic E-state index is -2.27. The van der Waals surface area contributed by atoms with Crippen LogP contribution in [0, 0.1) is 0 Å². The number of aliphatic hydroxyl groups excluding tert-OH is 4. The number of carbonyl (C=O) groups is 2. The van der Waals surface area contributed by atoms with Gasteiger partial charge in [-0.25, -0.2) is 4.79 Å². The first-order valence-electron chi connectivity index (χ1n) is 23.2.